The topological polar surface area (TPSA) is 47.7 Å². The van der Waals surface area contributed by atoms with Crippen molar-refractivity contribution in [1.29, 1.82) is 0 Å². The van der Waals surface area contributed by atoms with Crippen LogP contribution in [0.1, 0.15) is 23.5 Å². The number of nitrogens with one attached hydrogen (secondary N) is 1. The van der Waals surface area contributed by atoms with E-state index in [1.807, 2.05) is 31.7 Å². The molecule has 98 valence electrons. The molecule has 0 saturated carbocycles. The zero-order valence-corrected chi connectivity index (χ0v) is 11.6. The summed E-state index contributed by atoms with van der Waals surface area (Å²) in [6, 6.07) is 2.11. The maximum Gasteiger partial charge on any atom is 0.202 e. The van der Waals surface area contributed by atoms with Gasteiger partial charge in [-0.25, -0.2) is 4.98 Å². The average molecular weight is 247 g/mol. The molecule has 0 aromatic carbocycles. The number of nitrogens with zero attached hydrogens (tertiary/aromatic N) is 4. The molecule has 0 aliphatic rings. The lowest BCUT2D eigenvalue weighted by atomic mass is 10.4. The maximum atomic E-state index is 4.44. The highest BCUT2D eigenvalue weighted by Crippen LogP contribution is 2.06. The quantitative estimate of drug-likeness (QED) is 0.823. The largest absolute Gasteiger partial charge is 0.356 e. The lowest BCUT2D eigenvalue weighted by Gasteiger charge is -2.07. The molecule has 0 saturated heterocycles. The van der Waals surface area contributed by atoms with Crippen molar-refractivity contribution in [1.82, 2.24) is 19.3 Å². The molecule has 2 aromatic heterocycles. The van der Waals surface area contributed by atoms with E-state index in [1.165, 1.54) is 5.69 Å². The molecule has 0 unspecified atom stereocenters. The second kappa shape index (κ2) is 5.25. The van der Waals surface area contributed by atoms with Gasteiger partial charge in [0.1, 0.15) is 0 Å². The number of anilines is 1. The lowest BCUT2D eigenvalue weighted by Crippen LogP contribution is -2.11. The molecule has 2 aromatic rings. The normalized spacial score (nSPS) is 10.9. The van der Waals surface area contributed by atoms with Gasteiger partial charge in [-0.1, -0.05) is 0 Å². The third kappa shape index (κ3) is 2.91. The van der Waals surface area contributed by atoms with Crippen molar-refractivity contribution >= 4 is 5.95 Å². The van der Waals surface area contributed by atoms with Crippen LogP contribution in [-0.4, -0.2) is 25.9 Å². The van der Waals surface area contributed by atoms with Crippen molar-refractivity contribution in [2.24, 2.45) is 7.05 Å². The minimum absolute atomic E-state index is 0.905. The molecular formula is C13H21N5. The molecule has 0 atom stereocenters. The summed E-state index contributed by atoms with van der Waals surface area (Å²) in [6.07, 6.45) is 3.05. The van der Waals surface area contributed by atoms with Crippen molar-refractivity contribution in [3.05, 3.63) is 29.3 Å². The van der Waals surface area contributed by atoms with Crippen LogP contribution in [0.15, 0.2) is 12.3 Å². The van der Waals surface area contributed by atoms with Gasteiger partial charge in [-0.05, 0) is 33.3 Å². The molecule has 0 spiro atoms. The van der Waals surface area contributed by atoms with E-state index in [9.17, 15) is 0 Å². The van der Waals surface area contributed by atoms with Crippen LogP contribution in [0.2, 0.25) is 0 Å². The van der Waals surface area contributed by atoms with Crippen LogP contribution >= 0.6 is 0 Å². The number of aryl methyl sites for hydroxylation is 5. The first-order chi connectivity index (χ1) is 8.56. The summed E-state index contributed by atoms with van der Waals surface area (Å²) in [5, 5.41) is 7.79. The van der Waals surface area contributed by atoms with Crippen molar-refractivity contribution in [3.8, 4) is 0 Å². The van der Waals surface area contributed by atoms with E-state index in [1.54, 1.807) is 0 Å². The standard InChI is InChI=1S/C13H21N5/c1-10-8-12(3)18(16-10)7-5-6-14-13-15-11(2)9-17(13)4/h8-9H,5-7H2,1-4H3,(H,14,15). The second-order valence-corrected chi connectivity index (χ2v) is 4.75. The van der Waals surface area contributed by atoms with E-state index in [0.29, 0.717) is 0 Å². The highest BCUT2D eigenvalue weighted by atomic mass is 15.3. The van der Waals surface area contributed by atoms with E-state index in [2.05, 4.69) is 33.1 Å². The molecule has 18 heavy (non-hydrogen) atoms. The monoisotopic (exact) mass is 247 g/mol. The summed E-state index contributed by atoms with van der Waals surface area (Å²) in [5.41, 5.74) is 3.35. The SMILES string of the molecule is Cc1cn(C)c(NCCCn2nc(C)cc2C)n1. The van der Waals surface area contributed by atoms with Gasteiger partial charge in [-0.2, -0.15) is 5.10 Å². The van der Waals surface area contributed by atoms with Crippen LogP contribution < -0.4 is 5.32 Å². The highest BCUT2D eigenvalue weighted by molar-refractivity contribution is 5.27. The Labute approximate surface area is 108 Å². The lowest BCUT2D eigenvalue weighted by molar-refractivity contribution is 0.572. The number of hydrogen-bond donors (Lipinski definition) is 1. The Balaban J connectivity index is 1.79. The van der Waals surface area contributed by atoms with Crippen LogP contribution in [0.5, 0.6) is 0 Å². The zero-order valence-electron chi connectivity index (χ0n) is 11.6. The van der Waals surface area contributed by atoms with E-state index >= 15 is 0 Å². The van der Waals surface area contributed by atoms with Gasteiger partial charge in [0, 0.05) is 32.0 Å². The van der Waals surface area contributed by atoms with Crippen LogP contribution in [0.25, 0.3) is 0 Å². The van der Waals surface area contributed by atoms with Gasteiger partial charge in [-0.15, -0.1) is 0 Å². The summed E-state index contributed by atoms with van der Waals surface area (Å²) >= 11 is 0. The predicted molar refractivity (Wildman–Crippen MR) is 72.8 cm³/mol. The molecule has 0 radical (unpaired) electrons. The van der Waals surface area contributed by atoms with Gasteiger partial charge in [0.15, 0.2) is 0 Å². The third-order valence-electron chi connectivity index (χ3n) is 2.93. The highest BCUT2D eigenvalue weighted by Gasteiger charge is 2.02. The summed E-state index contributed by atoms with van der Waals surface area (Å²) in [7, 11) is 2.00. The number of aromatic nitrogens is 4. The molecule has 2 rings (SSSR count). The van der Waals surface area contributed by atoms with Gasteiger partial charge in [0.2, 0.25) is 5.95 Å². The van der Waals surface area contributed by atoms with Crippen molar-refractivity contribution in [2.45, 2.75) is 33.7 Å². The van der Waals surface area contributed by atoms with E-state index in [4.69, 9.17) is 0 Å². The zero-order chi connectivity index (χ0) is 13.1. The van der Waals surface area contributed by atoms with Crippen molar-refractivity contribution in [3.63, 3.8) is 0 Å². The van der Waals surface area contributed by atoms with Crippen LogP contribution in [0.4, 0.5) is 5.95 Å². The molecule has 0 aliphatic heterocycles. The molecule has 5 nitrogen and oxygen atoms in total. The average Bonchev–Trinajstić information content (AvgIpc) is 2.77. The molecular weight excluding hydrogens is 226 g/mol. The fourth-order valence-electron chi connectivity index (χ4n) is 2.11. The smallest absolute Gasteiger partial charge is 0.202 e. The first-order valence-corrected chi connectivity index (χ1v) is 6.31. The minimum Gasteiger partial charge on any atom is -0.356 e. The van der Waals surface area contributed by atoms with Gasteiger partial charge >= 0.3 is 0 Å². The van der Waals surface area contributed by atoms with Gasteiger partial charge < -0.3 is 9.88 Å². The van der Waals surface area contributed by atoms with Crippen LogP contribution in [0.3, 0.4) is 0 Å². The summed E-state index contributed by atoms with van der Waals surface area (Å²) in [5.74, 6) is 0.931. The first kappa shape index (κ1) is 12.7. The Bertz CT molecular complexity index is 475. The van der Waals surface area contributed by atoms with E-state index < -0.39 is 0 Å². The van der Waals surface area contributed by atoms with E-state index in [-0.39, 0.29) is 0 Å². The summed E-state index contributed by atoms with van der Waals surface area (Å²) in [4.78, 5) is 4.41. The van der Waals surface area contributed by atoms with E-state index in [0.717, 1.165) is 36.8 Å². The third-order valence-corrected chi connectivity index (χ3v) is 2.93. The second-order valence-electron chi connectivity index (χ2n) is 4.75. The molecule has 5 heteroatoms. The fourth-order valence-corrected chi connectivity index (χ4v) is 2.11. The number of rotatable bonds is 5. The molecule has 0 bridgehead atoms. The molecule has 0 amide bonds. The number of hydrogen-bond acceptors (Lipinski definition) is 3. The maximum absolute atomic E-state index is 4.44. The molecule has 1 N–H and O–H groups in total. The first-order valence-electron chi connectivity index (χ1n) is 6.31. The fraction of sp³-hybridized carbons (Fsp3) is 0.538. The Kier molecular flexibility index (Phi) is 3.69. The Hall–Kier alpha value is -1.78. The van der Waals surface area contributed by atoms with Crippen molar-refractivity contribution in [2.75, 3.05) is 11.9 Å². The Morgan fingerprint density at radius 3 is 2.56 bits per heavy atom. The summed E-state index contributed by atoms with van der Waals surface area (Å²) in [6.45, 7) is 7.97. The molecule has 0 aliphatic carbocycles. The Morgan fingerprint density at radius 1 is 1.22 bits per heavy atom. The predicted octanol–water partition coefficient (Wildman–Crippen LogP) is 2.04. The number of imidazole rings is 1. The molecule has 0 fully saturated rings. The van der Waals surface area contributed by atoms with Crippen LogP contribution in [0, 0.1) is 20.8 Å². The van der Waals surface area contributed by atoms with Crippen LogP contribution in [-0.2, 0) is 13.6 Å². The van der Waals surface area contributed by atoms with Gasteiger partial charge in [0.25, 0.3) is 0 Å². The minimum atomic E-state index is 0.905. The molecule has 2 heterocycles. The summed E-state index contributed by atoms with van der Waals surface area (Å²) < 4.78 is 4.07. The van der Waals surface area contributed by atoms with Gasteiger partial charge in [0.05, 0.1) is 11.4 Å². The Morgan fingerprint density at radius 2 is 2.00 bits per heavy atom. The van der Waals surface area contributed by atoms with Gasteiger partial charge in [-0.3, -0.25) is 4.68 Å². The van der Waals surface area contributed by atoms with Crippen molar-refractivity contribution < 1.29 is 0 Å².